The Morgan fingerprint density at radius 3 is 1.38 bits per heavy atom. The summed E-state index contributed by atoms with van der Waals surface area (Å²) >= 11 is 1.81. The Morgan fingerprint density at radius 1 is 0.621 bits per heavy atom. The van der Waals surface area contributed by atoms with Crippen molar-refractivity contribution in [1.29, 1.82) is 0 Å². The fourth-order valence-corrected chi connectivity index (χ4v) is 12.0. The molecule has 29 heavy (non-hydrogen) atoms. The number of benzene rings is 2. The third-order valence-electron chi connectivity index (χ3n) is 6.66. The molecule has 0 radical (unpaired) electrons. The Hall–Kier alpha value is -1.57. The molecule has 2 bridgehead atoms. The number of sulfone groups is 2. The van der Waals surface area contributed by atoms with Crippen LogP contribution in [0.2, 0.25) is 0 Å². The lowest BCUT2D eigenvalue weighted by Gasteiger charge is -2.50. The fraction of sp³-hybridized carbons (Fsp3) is 0.364. The summed E-state index contributed by atoms with van der Waals surface area (Å²) in [6, 6.07) is 16.6. The molecule has 1 heterocycles. The zero-order chi connectivity index (χ0) is 20.2. The quantitative estimate of drug-likeness (QED) is 0.673. The van der Waals surface area contributed by atoms with Crippen molar-refractivity contribution in [3.05, 3.63) is 72.8 Å². The molecule has 2 aromatic carbocycles. The molecule has 0 spiro atoms. The van der Waals surface area contributed by atoms with Crippen LogP contribution >= 0.6 is 11.8 Å². The highest BCUT2D eigenvalue weighted by atomic mass is 32.2. The van der Waals surface area contributed by atoms with Crippen LogP contribution in [0.25, 0.3) is 0 Å². The third-order valence-corrected chi connectivity index (χ3v) is 12.6. The Labute approximate surface area is 176 Å². The fourth-order valence-electron chi connectivity index (χ4n) is 5.37. The van der Waals surface area contributed by atoms with E-state index in [1.807, 2.05) is 23.9 Å². The molecule has 0 aromatic heterocycles. The molecule has 0 N–H and O–H groups in total. The molecular formula is C22H22O4S3. The van der Waals surface area contributed by atoms with Crippen LogP contribution in [-0.4, -0.2) is 38.8 Å². The van der Waals surface area contributed by atoms with E-state index in [0.29, 0.717) is 0 Å². The van der Waals surface area contributed by atoms with Crippen LogP contribution in [0.5, 0.6) is 0 Å². The van der Waals surface area contributed by atoms with Gasteiger partial charge in [0.25, 0.3) is 0 Å². The van der Waals surface area contributed by atoms with Gasteiger partial charge in [-0.3, -0.25) is 0 Å². The summed E-state index contributed by atoms with van der Waals surface area (Å²) in [7, 11) is -7.62. The Bertz CT molecular complexity index is 1050. The summed E-state index contributed by atoms with van der Waals surface area (Å²) in [6.07, 6.45) is 3.97. The van der Waals surface area contributed by atoms with Gasteiger partial charge in [-0.25, -0.2) is 16.8 Å². The number of rotatable bonds is 4. The van der Waals surface area contributed by atoms with E-state index in [0.717, 1.165) is 11.5 Å². The van der Waals surface area contributed by atoms with Crippen LogP contribution in [0.15, 0.2) is 82.6 Å². The predicted molar refractivity (Wildman–Crippen MR) is 115 cm³/mol. The second-order valence-corrected chi connectivity index (χ2v) is 13.3. The lowest BCUT2D eigenvalue weighted by Crippen LogP contribution is -2.59. The van der Waals surface area contributed by atoms with Crippen molar-refractivity contribution in [2.24, 2.45) is 23.7 Å². The van der Waals surface area contributed by atoms with Crippen LogP contribution in [0.3, 0.4) is 0 Å². The van der Waals surface area contributed by atoms with Gasteiger partial charge in [0, 0.05) is 0 Å². The highest BCUT2D eigenvalue weighted by Crippen LogP contribution is 2.55. The number of hydrogen-bond donors (Lipinski definition) is 0. The molecule has 6 atom stereocenters. The van der Waals surface area contributed by atoms with E-state index in [-0.39, 0.29) is 33.5 Å². The first-order chi connectivity index (χ1) is 13.9. The molecule has 152 valence electrons. The van der Waals surface area contributed by atoms with Crippen molar-refractivity contribution in [2.45, 2.75) is 20.3 Å². The molecular weight excluding hydrogens is 424 g/mol. The van der Waals surface area contributed by atoms with Crippen molar-refractivity contribution in [3.63, 3.8) is 0 Å². The summed E-state index contributed by atoms with van der Waals surface area (Å²) in [6.45, 7) is 0. The lowest BCUT2D eigenvalue weighted by molar-refractivity contribution is 0.174. The first kappa shape index (κ1) is 19.4. The minimum absolute atomic E-state index is 0.210. The zero-order valence-corrected chi connectivity index (χ0v) is 18.1. The van der Waals surface area contributed by atoms with E-state index in [9.17, 15) is 16.8 Å². The molecule has 2 fully saturated rings. The van der Waals surface area contributed by atoms with Crippen molar-refractivity contribution in [3.8, 4) is 0 Å². The third kappa shape index (κ3) is 2.93. The maximum atomic E-state index is 13.7. The Balaban J connectivity index is 1.70. The van der Waals surface area contributed by atoms with Crippen LogP contribution in [0, 0.1) is 23.7 Å². The molecule has 4 nitrogen and oxygen atoms in total. The monoisotopic (exact) mass is 446 g/mol. The van der Waals surface area contributed by atoms with E-state index < -0.39 is 30.2 Å². The summed E-state index contributed by atoms with van der Waals surface area (Å²) in [5, 5.41) is -1.91. The van der Waals surface area contributed by atoms with Gasteiger partial charge in [-0.2, -0.15) is 11.8 Å². The van der Waals surface area contributed by atoms with Gasteiger partial charge in [0.05, 0.1) is 20.3 Å². The van der Waals surface area contributed by atoms with E-state index in [4.69, 9.17) is 0 Å². The van der Waals surface area contributed by atoms with Crippen LogP contribution in [0.1, 0.15) is 0 Å². The topological polar surface area (TPSA) is 68.3 Å². The van der Waals surface area contributed by atoms with Crippen molar-refractivity contribution in [2.75, 3.05) is 11.5 Å². The summed E-state index contributed by atoms with van der Waals surface area (Å²) in [5.74, 6) is 1.70. The Kier molecular flexibility index (Phi) is 4.68. The maximum Gasteiger partial charge on any atom is 0.183 e. The minimum Gasteiger partial charge on any atom is -0.223 e. The molecule has 0 unspecified atom stereocenters. The van der Waals surface area contributed by atoms with Gasteiger partial charge in [-0.05, 0) is 59.4 Å². The highest BCUT2D eigenvalue weighted by molar-refractivity contribution is 7.99. The first-order valence-corrected chi connectivity index (χ1v) is 14.0. The number of thioether (sulfide) groups is 1. The van der Waals surface area contributed by atoms with Gasteiger partial charge >= 0.3 is 0 Å². The number of allylic oxidation sites excluding steroid dienone is 2. The zero-order valence-electron chi connectivity index (χ0n) is 15.7. The van der Waals surface area contributed by atoms with E-state index in [1.165, 1.54) is 0 Å². The summed E-state index contributed by atoms with van der Waals surface area (Å²) < 4.78 is 55.0. The second kappa shape index (κ2) is 7.00. The van der Waals surface area contributed by atoms with Gasteiger partial charge < -0.3 is 0 Å². The van der Waals surface area contributed by atoms with Crippen LogP contribution in [-0.2, 0) is 19.7 Å². The number of hydrogen-bond acceptors (Lipinski definition) is 5. The second-order valence-electron chi connectivity index (χ2n) is 8.05. The maximum absolute atomic E-state index is 13.7. The highest BCUT2D eigenvalue weighted by Gasteiger charge is 2.61. The largest absolute Gasteiger partial charge is 0.223 e. The van der Waals surface area contributed by atoms with Crippen molar-refractivity contribution in [1.82, 2.24) is 0 Å². The molecule has 1 aliphatic heterocycles. The van der Waals surface area contributed by atoms with Crippen LogP contribution < -0.4 is 0 Å². The van der Waals surface area contributed by atoms with Gasteiger partial charge in [-0.1, -0.05) is 48.6 Å². The Morgan fingerprint density at radius 2 is 1.00 bits per heavy atom. The normalized spacial score (nSPS) is 33.5. The summed E-state index contributed by atoms with van der Waals surface area (Å²) in [4.78, 5) is 0.419. The van der Waals surface area contributed by atoms with Gasteiger partial charge in [0.2, 0.25) is 0 Å². The van der Waals surface area contributed by atoms with Gasteiger partial charge in [-0.15, -0.1) is 0 Å². The molecule has 7 heteroatoms. The molecule has 1 saturated heterocycles. The van der Waals surface area contributed by atoms with E-state index in [1.54, 1.807) is 60.7 Å². The van der Waals surface area contributed by atoms with E-state index >= 15 is 0 Å². The molecule has 3 aliphatic carbocycles. The lowest BCUT2D eigenvalue weighted by atomic mass is 9.63. The smallest absolute Gasteiger partial charge is 0.183 e. The average molecular weight is 447 g/mol. The first-order valence-electron chi connectivity index (χ1n) is 9.76. The van der Waals surface area contributed by atoms with Crippen molar-refractivity contribution >= 4 is 31.4 Å². The summed E-state index contributed by atoms with van der Waals surface area (Å²) in [5.41, 5.74) is 0. The average Bonchev–Trinajstić information content (AvgIpc) is 3.26. The van der Waals surface area contributed by atoms with Crippen LogP contribution in [0.4, 0.5) is 0 Å². The van der Waals surface area contributed by atoms with Gasteiger partial charge in [0.1, 0.15) is 0 Å². The molecule has 2 aromatic rings. The van der Waals surface area contributed by atoms with Gasteiger partial charge in [0.15, 0.2) is 19.7 Å². The van der Waals surface area contributed by atoms with E-state index in [2.05, 4.69) is 0 Å². The molecule has 0 amide bonds. The van der Waals surface area contributed by atoms with Crippen molar-refractivity contribution < 1.29 is 16.8 Å². The number of fused-ring (bicyclic) bond motifs is 1. The SMILES string of the molecule is O=S(=O)(c1ccccc1)[C@@H]1[C@@H]2C=C[C@@H]([C@H]3CSC[C@@H]23)[C@H]1S(=O)(=O)c1ccccc1. The predicted octanol–water partition coefficient (Wildman–Crippen LogP) is 3.47. The molecule has 4 aliphatic rings. The minimum atomic E-state index is -3.81. The standard InChI is InChI=1S/C22H22O4S3/c23-28(24,15-7-3-1-4-8-15)21-17-11-12-18(20-14-27-13-19(17)20)22(21)29(25,26)16-9-5-2-6-10-16/h1-12,17-22H,13-14H2/t17-,18+,19+,20-,21-,22-/m1/s1. The molecule has 1 saturated carbocycles. The molecule has 6 rings (SSSR count).